The van der Waals surface area contributed by atoms with Gasteiger partial charge in [0.2, 0.25) is 0 Å². The van der Waals surface area contributed by atoms with Crippen molar-refractivity contribution in [2.24, 2.45) is 4.99 Å². The van der Waals surface area contributed by atoms with Crippen LogP contribution in [0.3, 0.4) is 0 Å². The first-order valence-corrected chi connectivity index (χ1v) is 9.98. The molecule has 1 aliphatic carbocycles. The number of urea groups is 1. The molecule has 0 unspecified atom stereocenters. The Balaban J connectivity index is 1.52. The Hall–Kier alpha value is -3.22. The van der Waals surface area contributed by atoms with Crippen molar-refractivity contribution < 1.29 is 14.4 Å². The average Bonchev–Trinajstić information content (AvgIpc) is 2.95. The Kier molecular flexibility index (Phi) is 5.29. The van der Waals surface area contributed by atoms with Crippen molar-refractivity contribution in [2.75, 3.05) is 6.54 Å². The van der Waals surface area contributed by atoms with Crippen LogP contribution in [0.5, 0.6) is 0 Å². The lowest BCUT2D eigenvalue weighted by Gasteiger charge is -2.30. The quantitative estimate of drug-likeness (QED) is 0.810. The SMILES string of the molecule is O=C(CN1C(=O)NC2(CCCCC2)C1=O)N=c1ccccn1Cc1ccccc1. The maximum atomic E-state index is 12.8. The molecule has 1 spiro atoms. The molecular formula is C22H24N4O3. The van der Waals surface area contributed by atoms with Crippen molar-refractivity contribution in [3.8, 4) is 0 Å². The Morgan fingerprint density at radius 3 is 2.48 bits per heavy atom. The number of imide groups is 1. The maximum Gasteiger partial charge on any atom is 0.325 e. The number of benzene rings is 1. The van der Waals surface area contributed by atoms with E-state index in [1.165, 1.54) is 0 Å². The fourth-order valence-electron chi connectivity index (χ4n) is 4.10. The third-order valence-corrected chi connectivity index (χ3v) is 5.60. The summed E-state index contributed by atoms with van der Waals surface area (Å²) in [6.45, 7) is 0.229. The first-order valence-electron chi connectivity index (χ1n) is 9.98. The number of carbonyl (C=O) groups is 3. The molecule has 0 atom stereocenters. The summed E-state index contributed by atoms with van der Waals surface area (Å²) in [5.41, 5.74) is 0.747. The van der Waals surface area contributed by atoms with Gasteiger partial charge in [0, 0.05) is 12.7 Å². The average molecular weight is 392 g/mol. The smallest absolute Gasteiger partial charge is 0.325 e. The fourth-order valence-corrected chi connectivity index (χ4v) is 4.10. The Labute approximate surface area is 169 Å². The van der Waals surface area contributed by atoms with Gasteiger partial charge in [0.1, 0.15) is 17.6 Å². The number of nitrogens with zero attached hydrogens (tertiary/aromatic N) is 3. The molecule has 7 heteroatoms. The van der Waals surface area contributed by atoms with Crippen molar-refractivity contribution in [3.63, 3.8) is 0 Å². The van der Waals surface area contributed by atoms with E-state index in [9.17, 15) is 14.4 Å². The van der Waals surface area contributed by atoms with Crippen LogP contribution in [-0.2, 0) is 16.1 Å². The van der Waals surface area contributed by atoms with Gasteiger partial charge in [-0.1, -0.05) is 55.7 Å². The Bertz CT molecular complexity index is 990. The molecule has 1 aromatic heterocycles. The number of rotatable bonds is 4. The predicted molar refractivity (Wildman–Crippen MR) is 107 cm³/mol. The molecule has 0 radical (unpaired) electrons. The molecule has 2 fully saturated rings. The predicted octanol–water partition coefficient (Wildman–Crippen LogP) is 2.22. The molecule has 1 aliphatic heterocycles. The second kappa shape index (κ2) is 8.03. The van der Waals surface area contributed by atoms with Crippen LogP contribution in [0.2, 0.25) is 0 Å². The van der Waals surface area contributed by atoms with Crippen LogP contribution < -0.4 is 10.8 Å². The number of amides is 4. The second-order valence-electron chi connectivity index (χ2n) is 7.64. The van der Waals surface area contributed by atoms with Gasteiger partial charge in [0.25, 0.3) is 11.8 Å². The van der Waals surface area contributed by atoms with Gasteiger partial charge in [-0.3, -0.25) is 14.5 Å². The molecule has 1 N–H and O–H groups in total. The van der Waals surface area contributed by atoms with Crippen LogP contribution in [0, 0.1) is 0 Å². The largest absolute Gasteiger partial charge is 0.328 e. The maximum absolute atomic E-state index is 12.8. The van der Waals surface area contributed by atoms with Crippen molar-refractivity contribution in [1.82, 2.24) is 14.8 Å². The van der Waals surface area contributed by atoms with Crippen molar-refractivity contribution in [1.29, 1.82) is 0 Å². The zero-order valence-electron chi connectivity index (χ0n) is 16.2. The number of hydrogen-bond donors (Lipinski definition) is 1. The zero-order valence-corrected chi connectivity index (χ0v) is 16.2. The van der Waals surface area contributed by atoms with E-state index >= 15 is 0 Å². The second-order valence-corrected chi connectivity index (χ2v) is 7.64. The summed E-state index contributed by atoms with van der Waals surface area (Å²) >= 11 is 0. The number of hydrogen-bond acceptors (Lipinski definition) is 3. The summed E-state index contributed by atoms with van der Waals surface area (Å²) in [6.07, 6.45) is 5.99. The molecule has 1 aromatic carbocycles. The van der Waals surface area contributed by atoms with E-state index < -0.39 is 17.5 Å². The normalized spacial score (nSPS) is 18.9. The minimum atomic E-state index is -0.824. The van der Waals surface area contributed by atoms with Crippen molar-refractivity contribution in [2.45, 2.75) is 44.2 Å². The zero-order chi connectivity index (χ0) is 20.3. The van der Waals surface area contributed by atoms with Crippen LogP contribution in [-0.4, -0.2) is 39.4 Å². The molecule has 2 heterocycles. The molecule has 2 aliphatic rings. The first kappa shape index (κ1) is 19.1. The molecule has 4 amide bonds. The third kappa shape index (κ3) is 3.99. The van der Waals surface area contributed by atoms with E-state index in [4.69, 9.17) is 0 Å². The Morgan fingerprint density at radius 1 is 1.00 bits per heavy atom. The van der Waals surface area contributed by atoms with E-state index in [1.807, 2.05) is 47.2 Å². The lowest BCUT2D eigenvalue weighted by molar-refractivity contribution is -0.135. The standard InChI is InChI=1S/C22H24N4O3/c27-19(16-26-20(28)22(24-21(26)29)12-6-2-7-13-22)23-18-11-5-8-14-25(18)15-17-9-3-1-4-10-17/h1,3-5,8-11,14H,2,6-7,12-13,15-16H2,(H,24,29). The number of pyridine rings is 1. The number of aromatic nitrogens is 1. The van der Waals surface area contributed by atoms with Gasteiger partial charge in [-0.25, -0.2) is 4.79 Å². The van der Waals surface area contributed by atoms with E-state index in [1.54, 1.807) is 12.1 Å². The summed E-state index contributed by atoms with van der Waals surface area (Å²) in [6, 6.07) is 14.8. The van der Waals surface area contributed by atoms with E-state index in [0.717, 1.165) is 29.7 Å². The van der Waals surface area contributed by atoms with Gasteiger partial charge in [0.05, 0.1) is 0 Å². The highest BCUT2D eigenvalue weighted by Gasteiger charge is 2.51. The topological polar surface area (TPSA) is 83.8 Å². The van der Waals surface area contributed by atoms with E-state index in [2.05, 4.69) is 10.3 Å². The van der Waals surface area contributed by atoms with Gasteiger partial charge in [-0.15, -0.1) is 0 Å². The third-order valence-electron chi connectivity index (χ3n) is 5.60. The van der Waals surface area contributed by atoms with Crippen molar-refractivity contribution >= 4 is 17.8 Å². The summed E-state index contributed by atoms with van der Waals surface area (Å²) in [7, 11) is 0. The molecule has 150 valence electrons. The lowest BCUT2D eigenvalue weighted by Crippen LogP contribution is -2.48. The van der Waals surface area contributed by atoms with Crippen LogP contribution in [0.15, 0.2) is 59.7 Å². The first-order chi connectivity index (χ1) is 14.1. The summed E-state index contributed by atoms with van der Waals surface area (Å²) in [5, 5.41) is 2.82. The molecule has 2 aromatic rings. The molecule has 0 bridgehead atoms. The fraction of sp³-hybridized carbons (Fsp3) is 0.364. The molecule has 7 nitrogen and oxygen atoms in total. The monoisotopic (exact) mass is 392 g/mol. The number of nitrogens with one attached hydrogen (secondary N) is 1. The lowest BCUT2D eigenvalue weighted by atomic mass is 9.82. The summed E-state index contributed by atoms with van der Waals surface area (Å²) in [5.74, 6) is -0.814. The molecule has 1 saturated heterocycles. The van der Waals surface area contributed by atoms with Crippen LogP contribution in [0.4, 0.5) is 4.79 Å². The minimum absolute atomic E-state index is 0.295. The summed E-state index contributed by atoms with van der Waals surface area (Å²) < 4.78 is 1.86. The van der Waals surface area contributed by atoms with Crippen LogP contribution in [0.25, 0.3) is 0 Å². The summed E-state index contributed by atoms with van der Waals surface area (Å²) in [4.78, 5) is 42.9. The molecular weight excluding hydrogens is 368 g/mol. The minimum Gasteiger partial charge on any atom is -0.328 e. The van der Waals surface area contributed by atoms with Gasteiger partial charge < -0.3 is 9.88 Å². The highest BCUT2D eigenvalue weighted by atomic mass is 16.2. The Morgan fingerprint density at radius 2 is 1.72 bits per heavy atom. The van der Waals surface area contributed by atoms with Gasteiger partial charge in [-0.05, 0) is 30.5 Å². The van der Waals surface area contributed by atoms with E-state index in [0.29, 0.717) is 24.9 Å². The van der Waals surface area contributed by atoms with Gasteiger partial charge >= 0.3 is 6.03 Å². The van der Waals surface area contributed by atoms with Crippen molar-refractivity contribution in [3.05, 3.63) is 65.8 Å². The molecule has 1 saturated carbocycles. The highest BCUT2D eigenvalue weighted by molar-refractivity contribution is 6.09. The van der Waals surface area contributed by atoms with E-state index in [-0.39, 0.29) is 12.5 Å². The molecule has 4 rings (SSSR count). The van der Waals surface area contributed by atoms with Gasteiger partial charge in [0.15, 0.2) is 0 Å². The van der Waals surface area contributed by atoms with Gasteiger partial charge in [-0.2, -0.15) is 4.99 Å². The number of carbonyl (C=O) groups excluding carboxylic acids is 3. The molecule has 29 heavy (non-hydrogen) atoms. The highest BCUT2D eigenvalue weighted by Crippen LogP contribution is 2.33. The van der Waals surface area contributed by atoms with Crippen LogP contribution >= 0.6 is 0 Å². The van der Waals surface area contributed by atoms with Crippen LogP contribution in [0.1, 0.15) is 37.7 Å².